The molecule has 6 heteroatoms. The summed E-state index contributed by atoms with van der Waals surface area (Å²) in [4.78, 5) is 4.43. The van der Waals surface area contributed by atoms with E-state index in [4.69, 9.17) is 17.3 Å². The first kappa shape index (κ1) is 15.4. The van der Waals surface area contributed by atoms with Gasteiger partial charge in [0, 0.05) is 36.3 Å². The fourth-order valence-corrected chi connectivity index (χ4v) is 3.71. The van der Waals surface area contributed by atoms with Crippen molar-refractivity contribution in [2.75, 3.05) is 41.7 Å². The Morgan fingerprint density at radius 1 is 1.00 bits per heavy atom. The highest BCUT2D eigenvalue weighted by molar-refractivity contribution is 9.10. The first-order chi connectivity index (χ1) is 10.5. The largest absolute Gasteiger partial charge is 0.397 e. The van der Waals surface area contributed by atoms with Gasteiger partial charge in [-0.05, 0) is 36.4 Å². The van der Waals surface area contributed by atoms with E-state index in [1.54, 1.807) is 0 Å². The molecule has 0 radical (unpaired) electrons. The highest BCUT2D eigenvalue weighted by Gasteiger charge is 2.21. The molecule has 0 aliphatic carbocycles. The molecule has 1 aliphatic heterocycles. The summed E-state index contributed by atoms with van der Waals surface area (Å²) in [5.74, 6) is -0.211. The first-order valence-electron chi connectivity index (χ1n) is 7.04. The average molecular weight is 385 g/mol. The minimum Gasteiger partial charge on any atom is -0.397 e. The Bertz CT molecular complexity index is 647. The van der Waals surface area contributed by atoms with Crippen LogP contribution in [0.5, 0.6) is 0 Å². The number of nitrogens with zero attached hydrogens (tertiary/aromatic N) is 2. The lowest BCUT2D eigenvalue weighted by Crippen LogP contribution is -2.46. The summed E-state index contributed by atoms with van der Waals surface area (Å²) in [6.45, 7) is 3.33. The summed E-state index contributed by atoms with van der Waals surface area (Å²) in [7, 11) is 0. The van der Waals surface area contributed by atoms with Crippen LogP contribution in [0.3, 0.4) is 0 Å². The molecule has 1 saturated heterocycles. The molecule has 1 fully saturated rings. The summed E-state index contributed by atoms with van der Waals surface area (Å²) < 4.78 is 13.9. The molecule has 116 valence electrons. The summed E-state index contributed by atoms with van der Waals surface area (Å²) in [5, 5.41) is 0.655. The molecule has 2 aromatic rings. The van der Waals surface area contributed by atoms with Gasteiger partial charge >= 0.3 is 0 Å². The maximum Gasteiger partial charge on any atom is 0.123 e. The van der Waals surface area contributed by atoms with Gasteiger partial charge in [-0.25, -0.2) is 4.39 Å². The van der Waals surface area contributed by atoms with Crippen LogP contribution >= 0.6 is 27.5 Å². The van der Waals surface area contributed by atoms with Crippen LogP contribution in [0.4, 0.5) is 21.5 Å². The van der Waals surface area contributed by atoms with Crippen LogP contribution < -0.4 is 15.5 Å². The van der Waals surface area contributed by atoms with Crippen molar-refractivity contribution in [3.8, 4) is 0 Å². The van der Waals surface area contributed by atoms with Gasteiger partial charge in [-0.1, -0.05) is 27.5 Å². The van der Waals surface area contributed by atoms with E-state index in [2.05, 4.69) is 25.7 Å². The molecule has 0 unspecified atom stereocenters. The maximum atomic E-state index is 13.0. The molecule has 0 saturated carbocycles. The zero-order valence-corrected chi connectivity index (χ0v) is 14.2. The minimum absolute atomic E-state index is 0.211. The number of hydrogen-bond donors (Lipinski definition) is 1. The Hall–Kier alpha value is -1.46. The van der Waals surface area contributed by atoms with E-state index in [1.165, 1.54) is 12.1 Å². The van der Waals surface area contributed by atoms with Gasteiger partial charge in [0.25, 0.3) is 0 Å². The molecule has 0 atom stereocenters. The Labute approximate surface area is 142 Å². The third-order valence-corrected chi connectivity index (χ3v) is 4.59. The lowest BCUT2D eigenvalue weighted by atomic mass is 10.2. The van der Waals surface area contributed by atoms with E-state index in [-0.39, 0.29) is 5.82 Å². The van der Waals surface area contributed by atoms with E-state index in [9.17, 15) is 4.39 Å². The third kappa shape index (κ3) is 3.15. The number of benzene rings is 2. The SMILES string of the molecule is Nc1cc(Br)cc(Cl)c1N1CCN(c2ccc(F)cc2)CC1. The zero-order valence-electron chi connectivity index (χ0n) is 11.9. The van der Waals surface area contributed by atoms with Gasteiger partial charge in [0.05, 0.1) is 16.4 Å². The number of rotatable bonds is 2. The van der Waals surface area contributed by atoms with Crippen LogP contribution in [-0.4, -0.2) is 26.2 Å². The van der Waals surface area contributed by atoms with E-state index in [0.29, 0.717) is 10.7 Å². The van der Waals surface area contributed by atoms with Crippen molar-refractivity contribution in [2.24, 2.45) is 0 Å². The number of nitrogens with two attached hydrogens (primary N) is 1. The van der Waals surface area contributed by atoms with Crippen LogP contribution in [0.1, 0.15) is 0 Å². The lowest BCUT2D eigenvalue weighted by molar-refractivity contribution is 0.625. The molecular weight excluding hydrogens is 369 g/mol. The predicted molar refractivity (Wildman–Crippen MR) is 94.4 cm³/mol. The van der Waals surface area contributed by atoms with Gasteiger partial charge in [-0.3, -0.25) is 0 Å². The predicted octanol–water partition coefficient (Wildman–Crippen LogP) is 4.15. The monoisotopic (exact) mass is 383 g/mol. The van der Waals surface area contributed by atoms with Crippen LogP contribution in [0, 0.1) is 5.82 Å². The number of anilines is 3. The number of halogens is 3. The van der Waals surface area contributed by atoms with Gasteiger partial charge in [-0.2, -0.15) is 0 Å². The molecule has 3 rings (SSSR count). The van der Waals surface area contributed by atoms with Crippen molar-refractivity contribution >= 4 is 44.6 Å². The van der Waals surface area contributed by atoms with Gasteiger partial charge < -0.3 is 15.5 Å². The standard InChI is InChI=1S/C16H16BrClFN3/c17-11-9-14(18)16(15(20)10-11)22-7-5-21(6-8-22)13-3-1-12(19)2-4-13/h1-4,9-10H,5-8,20H2. The summed E-state index contributed by atoms with van der Waals surface area (Å²) in [6, 6.07) is 10.3. The normalized spacial score (nSPS) is 15.2. The van der Waals surface area contributed by atoms with Crippen LogP contribution in [0.2, 0.25) is 5.02 Å². The van der Waals surface area contributed by atoms with Crippen LogP contribution in [0.15, 0.2) is 40.9 Å². The fraction of sp³-hybridized carbons (Fsp3) is 0.250. The highest BCUT2D eigenvalue weighted by atomic mass is 79.9. The molecule has 1 heterocycles. The molecule has 3 nitrogen and oxygen atoms in total. The van der Waals surface area contributed by atoms with E-state index < -0.39 is 0 Å². The maximum absolute atomic E-state index is 13.0. The van der Waals surface area contributed by atoms with Crippen molar-refractivity contribution in [3.05, 3.63) is 51.7 Å². The second kappa shape index (κ2) is 6.34. The van der Waals surface area contributed by atoms with E-state index in [0.717, 1.165) is 42.0 Å². The van der Waals surface area contributed by atoms with Gasteiger partial charge in [0.2, 0.25) is 0 Å². The summed E-state index contributed by atoms with van der Waals surface area (Å²) in [6.07, 6.45) is 0. The van der Waals surface area contributed by atoms with Crippen molar-refractivity contribution in [1.82, 2.24) is 0 Å². The second-order valence-electron chi connectivity index (χ2n) is 5.28. The zero-order chi connectivity index (χ0) is 15.7. The molecule has 0 amide bonds. The molecule has 2 N–H and O–H groups in total. The van der Waals surface area contributed by atoms with E-state index in [1.807, 2.05) is 24.3 Å². The number of hydrogen-bond acceptors (Lipinski definition) is 3. The molecule has 22 heavy (non-hydrogen) atoms. The van der Waals surface area contributed by atoms with Gasteiger partial charge in [0.1, 0.15) is 5.82 Å². The summed E-state index contributed by atoms with van der Waals surface area (Å²) in [5.41, 5.74) is 8.71. The Morgan fingerprint density at radius 2 is 1.59 bits per heavy atom. The van der Waals surface area contributed by atoms with Crippen LogP contribution in [0.25, 0.3) is 0 Å². The molecule has 2 aromatic carbocycles. The van der Waals surface area contributed by atoms with Gasteiger partial charge in [0.15, 0.2) is 0 Å². The number of piperazine rings is 1. The van der Waals surface area contributed by atoms with Crippen molar-refractivity contribution in [2.45, 2.75) is 0 Å². The van der Waals surface area contributed by atoms with Crippen LogP contribution in [-0.2, 0) is 0 Å². The smallest absolute Gasteiger partial charge is 0.123 e. The average Bonchev–Trinajstić information content (AvgIpc) is 2.48. The second-order valence-corrected chi connectivity index (χ2v) is 6.60. The molecule has 0 aromatic heterocycles. The minimum atomic E-state index is -0.211. The Kier molecular flexibility index (Phi) is 4.45. The fourth-order valence-electron chi connectivity index (χ4n) is 2.76. The third-order valence-electron chi connectivity index (χ3n) is 3.85. The highest BCUT2D eigenvalue weighted by Crippen LogP contribution is 2.36. The first-order valence-corrected chi connectivity index (χ1v) is 8.21. The quantitative estimate of drug-likeness (QED) is 0.790. The molecule has 0 bridgehead atoms. The topological polar surface area (TPSA) is 32.5 Å². The Balaban J connectivity index is 1.73. The van der Waals surface area contributed by atoms with Crippen molar-refractivity contribution < 1.29 is 4.39 Å². The van der Waals surface area contributed by atoms with Crippen molar-refractivity contribution in [1.29, 1.82) is 0 Å². The lowest BCUT2D eigenvalue weighted by Gasteiger charge is -2.38. The van der Waals surface area contributed by atoms with Crippen molar-refractivity contribution in [3.63, 3.8) is 0 Å². The summed E-state index contributed by atoms with van der Waals surface area (Å²) >= 11 is 9.73. The molecular formula is C16H16BrClFN3. The van der Waals surface area contributed by atoms with E-state index >= 15 is 0 Å². The molecule has 0 spiro atoms. The molecule has 1 aliphatic rings. The van der Waals surface area contributed by atoms with Gasteiger partial charge in [-0.15, -0.1) is 0 Å². The number of nitrogen functional groups attached to an aromatic ring is 1. The Morgan fingerprint density at radius 3 is 2.18 bits per heavy atom.